The number of aliphatic hydroxyl groups is 1. The van der Waals surface area contributed by atoms with Crippen LogP contribution >= 0.6 is 0 Å². The van der Waals surface area contributed by atoms with E-state index in [2.05, 4.69) is 0 Å². The van der Waals surface area contributed by atoms with Gasteiger partial charge in [-0.15, -0.1) is 0 Å². The van der Waals surface area contributed by atoms with Crippen LogP contribution in [0.3, 0.4) is 0 Å². The lowest BCUT2D eigenvalue weighted by atomic mass is 9.82. The van der Waals surface area contributed by atoms with Crippen molar-refractivity contribution in [2.24, 2.45) is 11.8 Å². The van der Waals surface area contributed by atoms with Crippen molar-refractivity contribution < 1.29 is 62.2 Å². The number of hydrogen-bond donors (Lipinski definition) is 1. The van der Waals surface area contributed by atoms with Gasteiger partial charge in [0.2, 0.25) is 0 Å². The summed E-state index contributed by atoms with van der Waals surface area (Å²) < 4.78 is 41.8. The summed E-state index contributed by atoms with van der Waals surface area (Å²) in [6, 6.07) is 8.74. The number of ether oxygens (including phenoxy) is 7. The Morgan fingerprint density at radius 1 is 0.964 bits per heavy atom. The first-order valence-electron chi connectivity index (χ1n) is 18.9. The SMILES string of the molecule is CO[C@@H]1[C@@H](O[C@@H]2O[C@H](C)[C@@H](OC(=O)CCc3ccccc3)[C@H](N(C)C)[C@H]2O)[C@@H](CC=O)C[C@@H](C)[C@@H](OC(C)=O)/C=C/C=C/C[C@@H](C)OC(=O)C[C@H]1OC(C)=O. The van der Waals surface area contributed by atoms with Gasteiger partial charge < -0.3 is 48.0 Å². The molecule has 3 rings (SSSR count). The van der Waals surface area contributed by atoms with Crippen LogP contribution in [-0.4, -0.2) is 123 Å². The van der Waals surface area contributed by atoms with Gasteiger partial charge in [0.05, 0.1) is 24.7 Å². The minimum Gasteiger partial charge on any atom is -0.462 e. The Kier molecular flexibility index (Phi) is 18.6. The molecule has 0 amide bonds. The van der Waals surface area contributed by atoms with Crippen molar-refractivity contribution in [3.8, 4) is 0 Å². The minimum atomic E-state index is -1.40. The molecular weight excluding hydrogens is 714 g/mol. The van der Waals surface area contributed by atoms with Crippen LogP contribution in [0.5, 0.6) is 0 Å². The van der Waals surface area contributed by atoms with Crippen molar-refractivity contribution in [3.63, 3.8) is 0 Å². The van der Waals surface area contributed by atoms with E-state index in [0.29, 0.717) is 19.1 Å². The number of aryl methyl sites for hydroxylation is 1. The van der Waals surface area contributed by atoms with Crippen LogP contribution in [-0.2, 0) is 63.6 Å². The van der Waals surface area contributed by atoms with Gasteiger partial charge in [0.15, 0.2) is 6.29 Å². The molecule has 1 aromatic rings. The summed E-state index contributed by atoms with van der Waals surface area (Å²) in [5.41, 5.74) is 0.980. The largest absolute Gasteiger partial charge is 0.462 e. The molecule has 0 radical (unpaired) electrons. The van der Waals surface area contributed by atoms with E-state index in [-0.39, 0.29) is 25.2 Å². The van der Waals surface area contributed by atoms with Crippen LogP contribution in [0, 0.1) is 11.8 Å². The van der Waals surface area contributed by atoms with Crippen LogP contribution in [0.25, 0.3) is 0 Å². The normalized spacial score (nSPS) is 33.5. The molecule has 55 heavy (non-hydrogen) atoms. The van der Waals surface area contributed by atoms with Gasteiger partial charge in [-0.1, -0.05) is 55.5 Å². The van der Waals surface area contributed by atoms with E-state index in [9.17, 15) is 29.1 Å². The molecule has 14 nitrogen and oxygen atoms in total. The van der Waals surface area contributed by atoms with E-state index >= 15 is 0 Å². The summed E-state index contributed by atoms with van der Waals surface area (Å²) in [6.07, 6.45) is -0.774. The lowest BCUT2D eigenvalue weighted by molar-refractivity contribution is -0.311. The van der Waals surface area contributed by atoms with Crippen LogP contribution in [0.2, 0.25) is 0 Å². The first-order valence-corrected chi connectivity index (χ1v) is 18.9. The summed E-state index contributed by atoms with van der Waals surface area (Å²) >= 11 is 0. The first kappa shape index (κ1) is 45.4. The molecule has 2 aliphatic rings. The molecule has 0 aromatic heterocycles. The zero-order chi connectivity index (χ0) is 40.7. The number of benzene rings is 1. The third-order valence-electron chi connectivity index (χ3n) is 9.79. The second kappa shape index (κ2) is 22.6. The molecule has 0 spiro atoms. The fourth-order valence-corrected chi connectivity index (χ4v) is 7.17. The Labute approximate surface area is 324 Å². The van der Waals surface area contributed by atoms with Crippen molar-refractivity contribution in [3.05, 3.63) is 60.2 Å². The smallest absolute Gasteiger partial charge is 0.309 e. The number of carbonyl (C=O) groups is 5. The van der Waals surface area contributed by atoms with Crippen LogP contribution in [0.15, 0.2) is 54.6 Å². The number of aliphatic hydroxyl groups excluding tert-OH is 1. The fraction of sp³-hybridized carbons (Fsp3) is 0.634. The second-order valence-electron chi connectivity index (χ2n) is 14.5. The number of allylic oxidation sites excluding steroid dienone is 2. The van der Waals surface area contributed by atoms with Gasteiger partial charge in [0.25, 0.3) is 0 Å². The molecule has 0 saturated carbocycles. The molecule has 14 heteroatoms. The van der Waals surface area contributed by atoms with Crippen molar-refractivity contribution in [1.82, 2.24) is 4.90 Å². The highest BCUT2D eigenvalue weighted by Crippen LogP contribution is 2.35. The highest BCUT2D eigenvalue weighted by molar-refractivity contribution is 5.72. The van der Waals surface area contributed by atoms with Crippen LogP contribution in [0.4, 0.5) is 0 Å². The van der Waals surface area contributed by atoms with E-state index in [1.807, 2.05) is 43.3 Å². The predicted molar refractivity (Wildman–Crippen MR) is 200 cm³/mol. The molecule has 1 aromatic carbocycles. The van der Waals surface area contributed by atoms with Gasteiger partial charge in [0.1, 0.15) is 42.9 Å². The van der Waals surface area contributed by atoms with Crippen LogP contribution < -0.4 is 0 Å². The van der Waals surface area contributed by atoms with Crippen molar-refractivity contribution >= 4 is 30.2 Å². The third-order valence-corrected chi connectivity index (χ3v) is 9.79. The van der Waals surface area contributed by atoms with Crippen LogP contribution in [0.1, 0.15) is 72.3 Å². The lowest BCUT2D eigenvalue weighted by Crippen LogP contribution is -2.64. The maximum absolute atomic E-state index is 13.2. The topological polar surface area (TPSA) is 173 Å². The molecule has 0 bridgehead atoms. The number of esters is 4. The monoisotopic (exact) mass is 773 g/mol. The van der Waals surface area contributed by atoms with Gasteiger partial charge in [-0.2, -0.15) is 0 Å². The molecular formula is C41H59NO13. The highest BCUT2D eigenvalue weighted by atomic mass is 16.7. The van der Waals surface area contributed by atoms with Gasteiger partial charge in [-0.05, 0) is 64.3 Å². The first-order chi connectivity index (χ1) is 26.1. The second-order valence-corrected chi connectivity index (χ2v) is 14.5. The number of aldehydes is 1. The van der Waals surface area contributed by atoms with Crippen molar-refractivity contribution in [1.29, 1.82) is 0 Å². The number of methoxy groups -OCH3 is 1. The lowest BCUT2D eigenvalue weighted by Gasteiger charge is -2.47. The zero-order valence-electron chi connectivity index (χ0n) is 33.2. The molecule has 2 aliphatic heterocycles. The number of hydrogen-bond acceptors (Lipinski definition) is 14. The molecule has 1 N–H and O–H groups in total. The van der Waals surface area contributed by atoms with E-state index in [4.69, 9.17) is 33.2 Å². The Morgan fingerprint density at radius 3 is 2.27 bits per heavy atom. The van der Waals surface area contributed by atoms with Gasteiger partial charge >= 0.3 is 23.9 Å². The van der Waals surface area contributed by atoms with E-state index in [0.717, 1.165) is 5.56 Å². The summed E-state index contributed by atoms with van der Waals surface area (Å²) in [5, 5.41) is 11.9. The zero-order valence-corrected chi connectivity index (χ0v) is 33.2. The van der Waals surface area contributed by atoms with Crippen molar-refractivity contribution in [2.45, 2.75) is 134 Å². The average Bonchev–Trinajstić information content (AvgIpc) is 3.11. The summed E-state index contributed by atoms with van der Waals surface area (Å²) in [5.74, 6) is -3.40. The Hall–Kier alpha value is -3.95. The van der Waals surface area contributed by atoms with E-state index < -0.39 is 97.4 Å². The number of nitrogens with zero attached hydrogens (tertiary/aromatic N) is 1. The number of likely N-dealkylation sites (N-methyl/N-ethyl adjacent to an activating group) is 1. The van der Waals surface area contributed by atoms with E-state index in [1.54, 1.807) is 51.1 Å². The molecule has 306 valence electrons. The molecule has 1 saturated heterocycles. The standard InChI is InChI=1S/C41H59NO13/c1-25-23-31(21-22-43)39(40(49-8)33(53-29(5)45)24-35(47)50-26(2)15-11-9-14-18-32(25)52-28(4)44)55-41-37(48)36(42(6)7)38(27(3)51-41)54-34(46)20-19-30-16-12-10-13-17-30/h9-14,16-18,22,25-27,31-33,36-41,48H,15,19-21,23-24H2,1-8H3/b11-9+,18-14+/t25-,26-,27-,31+,32+,33-,36-,37-,38-,39+,40+,41+/m1/s1. The maximum Gasteiger partial charge on any atom is 0.309 e. The molecule has 1 fully saturated rings. The molecule has 0 unspecified atom stereocenters. The summed E-state index contributed by atoms with van der Waals surface area (Å²) in [4.78, 5) is 65.0. The molecule has 2 heterocycles. The Bertz CT molecular complexity index is 1450. The quantitative estimate of drug-likeness (QED) is 0.184. The van der Waals surface area contributed by atoms with Crippen molar-refractivity contribution in [2.75, 3.05) is 21.2 Å². The Morgan fingerprint density at radius 2 is 1.65 bits per heavy atom. The van der Waals surface area contributed by atoms with Gasteiger partial charge in [-0.25, -0.2) is 0 Å². The van der Waals surface area contributed by atoms with Gasteiger partial charge in [0, 0.05) is 40.2 Å². The number of cyclic esters (lactones) is 1. The summed E-state index contributed by atoms with van der Waals surface area (Å²) in [6.45, 7) is 7.78. The summed E-state index contributed by atoms with van der Waals surface area (Å²) in [7, 11) is 4.82. The minimum absolute atomic E-state index is 0.0866. The molecule has 12 atom stereocenters. The Balaban J connectivity index is 2.03. The maximum atomic E-state index is 13.2. The molecule has 0 aliphatic carbocycles. The predicted octanol–water partition coefficient (Wildman–Crippen LogP) is 3.90. The number of rotatable bonds is 12. The number of carbonyl (C=O) groups excluding carboxylic acids is 5. The highest BCUT2D eigenvalue weighted by Gasteiger charge is 2.50. The fourth-order valence-electron chi connectivity index (χ4n) is 7.17. The third kappa shape index (κ3) is 14.3. The average molecular weight is 774 g/mol. The van der Waals surface area contributed by atoms with Gasteiger partial charge in [-0.3, -0.25) is 19.2 Å². The van der Waals surface area contributed by atoms with E-state index in [1.165, 1.54) is 21.0 Å².